The van der Waals surface area contributed by atoms with Crippen LogP contribution >= 0.6 is 22.9 Å². The number of carbonyl (C=O) groups is 1. The van der Waals surface area contributed by atoms with E-state index in [0.717, 1.165) is 9.75 Å². The Morgan fingerprint density at radius 2 is 2.10 bits per heavy atom. The largest absolute Gasteiger partial charge is 0.492 e. The van der Waals surface area contributed by atoms with E-state index in [4.69, 9.17) is 25.8 Å². The van der Waals surface area contributed by atoms with E-state index in [9.17, 15) is 14.7 Å². The van der Waals surface area contributed by atoms with Crippen molar-refractivity contribution in [1.29, 1.82) is 0 Å². The summed E-state index contributed by atoms with van der Waals surface area (Å²) in [7, 11) is 1.63. The lowest BCUT2D eigenvalue weighted by atomic mass is 10.1. The van der Waals surface area contributed by atoms with Crippen molar-refractivity contribution in [2.24, 2.45) is 0 Å². The van der Waals surface area contributed by atoms with Gasteiger partial charge in [0.1, 0.15) is 17.1 Å². The number of aryl methyl sites for hydroxylation is 1. The highest BCUT2D eigenvalue weighted by molar-refractivity contribution is 7.12. The molecule has 1 aliphatic heterocycles. The van der Waals surface area contributed by atoms with Gasteiger partial charge in [-0.05, 0) is 25.1 Å². The maximum absolute atomic E-state index is 12.4. The first-order chi connectivity index (χ1) is 14.9. The number of aromatic nitrogens is 1. The highest BCUT2D eigenvalue weighted by Crippen LogP contribution is 2.45. The second-order valence-corrected chi connectivity index (χ2v) is 8.77. The summed E-state index contributed by atoms with van der Waals surface area (Å²) in [5.41, 5.74) is 0.218. The van der Waals surface area contributed by atoms with E-state index >= 15 is 0 Å². The summed E-state index contributed by atoms with van der Waals surface area (Å²) in [4.78, 5) is 26.0. The molecule has 9 heteroatoms. The first kappa shape index (κ1) is 21.4. The highest BCUT2D eigenvalue weighted by atomic mass is 35.5. The first-order valence-corrected chi connectivity index (χ1v) is 10.8. The zero-order valence-corrected chi connectivity index (χ0v) is 18.5. The summed E-state index contributed by atoms with van der Waals surface area (Å²) >= 11 is 7.96. The van der Waals surface area contributed by atoms with E-state index < -0.39 is 17.6 Å². The molecule has 3 heterocycles. The molecule has 1 aliphatic rings. The van der Waals surface area contributed by atoms with Gasteiger partial charge in [0.15, 0.2) is 5.43 Å². The van der Waals surface area contributed by atoms with Crippen LogP contribution in [-0.2, 0) is 4.74 Å². The van der Waals surface area contributed by atoms with Crippen molar-refractivity contribution in [2.45, 2.75) is 19.6 Å². The van der Waals surface area contributed by atoms with Crippen LogP contribution in [0.1, 0.15) is 32.8 Å². The Balaban J connectivity index is 1.83. The van der Waals surface area contributed by atoms with Crippen LogP contribution in [-0.4, -0.2) is 36.0 Å². The van der Waals surface area contributed by atoms with Crippen molar-refractivity contribution >= 4 is 28.9 Å². The van der Waals surface area contributed by atoms with Crippen LogP contribution in [0.25, 0.3) is 11.3 Å². The lowest BCUT2D eigenvalue weighted by Gasteiger charge is -2.31. The van der Waals surface area contributed by atoms with Crippen molar-refractivity contribution in [3.8, 4) is 22.8 Å². The lowest BCUT2D eigenvalue weighted by Crippen LogP contribution is -2.27. The molecule has 1 N–H and O–H groups in total. The number of nitrogens with zero attached hydrogens (tertiary/aromatic N) is 1. The molecule has 0 fully saturated rings. The number of hydrogen-bond donors (Lipinski definition) is 1. The second-order valence-electron chi connectivity index (χ2n) is 7.04. The Morgan fingerprint density at radius 3 is 2.77 bits per heavy atom. The molecule has 7 nitrogen and oxygen atoms in total. The summed E-state index contributed by atoms with van der Waals surface area (Å²) in [6.45, 7) is 2.98. The minimum atomic E-state index is -1.29. The van der Waals surface area contributed by atoms with Gasteiger partial charge >= 0.3 is 5.97 Å². The fraction of sp³-hybridized carbons (Fsp3) is 0.273. The average Bonchev–Trinajstić information content (AvgIpc) is 3.16. The van der Waals surface area contributed by atoms with Gasteiger partial charge in [0.2, 0.25) is 6.23 Å². The molecule has 4 rings (SSSR count). The predicted molar refractivity (Wildman–Crippen MR) is 118 cm³/mol. The molecule has 162 valence electrons. The van der Waals surface area contributed by atoms with Crippen LogP contribution in [0.2, 0.25) is 5.02 Å². The Bertz CT molecular complexity index is 1200. The summed E-state index contributed by atoms with van der Waals surface area (Å²) < 4.78 is 18.7. The molecule has 0 aliphatic carbocycles. The van der Waals surface area contributed by atoms with Crippen LogP contribution in [0.3, 0.4) is 0 Å². The molecule has 1 aromatic carbocycles. The third-order valence-electron chi connectivity index (χ3n) is 4.87. The number of hydrogen-bond acceptors (Lipinski definition) is 6. The van der Waals surface area contributed by atoms with E-state index in [2.05, 4.69) is 0 Å². The molecule has 3 aromatic rings. The number of benzene rings is 1. The van der Waals surface area contributed by atoms with E-state index in [1.807, 2.05) is 19.1 Å². The summed E-state index contributed by atoms with van der Waals surface area (Å²) in [6, 6.07) is 8.58. The molecule has 0 spiro atoms. The van der Waals surface area contributed by atoms with E-state index in [1.165, 1.54) is 23.6 Å². The number of rotatable bonds is 7. The van der Waals surface area contributed by atoms with Gasteiger partial charge in [0.05, 0.1) is 22.2 Å². The van der Waals surface area contributed by atoms with Crippen molar-refractivity contribution in [2.75, 3.05) is 20.3 Å². The van der Waals surface area contributed by atoms with Gasteiger partial charge in [-0.25, -0.2) is 4.79 Å². The Kier molecular flexibility index (Phi) is 6.04. The summed E-state index contributed by atoms with van der Waals surface area (Å²) in [5, 5.41) is 9.79. The molecule has 0 saturated heterocycles. The molecule has 0 amide bonds. The summed E-state index contributed by atoms with van der Waals surface area (Å²) in [6.07, 6.45) is 1.41. The van der Waals surface area contributed by atoms with E-state index in [-0.39, 0.29) is 5.56 Å². The number of carboxylic acids is 1. The van der Waals surface area contributed by atoms with Gasteiger partial charge in [0, 0.05) is 48.9 Å². The Labute approximate surface area is 187 Å². The van der Waals surface area contributed by atoms with Gasteiger partial charge in [-0.3, -0.25) is 4.79 Å². The molecule has 0 saturated carbocycles. The molecular formula is C22H20ClNO6S. The van der Waals surface area contributed by atoms with Gasteiger partial charge in [0.25, 0.3) is 0 Å². The van der Waals surface area contributed by atoms with Crippen molar-refractivity contribution in [3.63, 3.8) is 0 Å². The molecule has 1 atom stereocenters. The van der Waals surface area contributed by atoms with E-state index in [0.29, 0.717) is 47.4 Å². The Morgan fingerprint density at radius 1 is 1.29 bits per heavy atom. The smallest absolute Gasteiger partial charge is 0.341 e. The van der Waals surface area contributed by atoms with Crippen LogP contribution in [0, 0.1) is 6.92 Å². The number of methoxy groups -OCH3 is 1. The zero-order chi connectivity index (χ0) is 22.1. The first-order valence-electron chi connectivity index (χ1n) is 9.57. The second kappa shape index (κ2) is 8.74. The third-order valence-corrected chi connectivity index (χ3v) is 6.19. The van der Waals surface area contributed by atoms with Crippen LogP contribution in [0.5, 0.6) is 11.5 Å². The SMILES string of the molecule is COCCCOc1cc2c(cc1Cl)-c1cc(=O)c(C(=O)O)cn1[C@@H](c1ccc(C)s1)O2. The van der Waals surface area contributed by atoms with Crippen molar-refractivity contribution in [1.82, 2.24) is 4.57 Å². The van der Waals surface area contributed by atoms with Crippen LogP contribution < -0.4 is 14.9 Å². The number of fused-ring (bicyclic) bond motifs is 3. The van der Waals surface area contributed by atoms with Crippen molar-refractivity contribution in [3.05, 3.63) is 67.1 Å². The monoisotopic (exact) mass is 461 g/mol. The van der Waals surface area contributed by atoms with Gasteiger partial charge < -0.3 is 23.9 Å². The predicted octanol–water partition coefficient (Wildman–Crippen LogP) is 4.59. The number of halogens is 1. The minimum Gasteiger partial charge on any atom is -0.492 e. The Hall–Kier alpha value is -2.81. The minimum absolute atomic E-state index is 0.321. The molecule has 0 radical (unpaired) electrons. The average molecular weight is 462 g/mol. The quantitative estimate of drug-likeness (QED) is 0.518. The van der Waals surface area contributed by atoms with Gasteiger partial charge in [-0.15, -0.1) is 11.3 Å². The zero-order valence-electron chi connectivity index (χ0n) is 16.9. The standard InChI is InChI=1S/C22H20ClNO6S/c1-12-4-5-20(31-12)21-24-11-14(22(26)27)17(25)9-16(24)13-8-15(23)19(10-18(13)30-21)29-7-3-6-28-2/h4-5,8-11,21H,3,6-7H2,1-2H3,(H,26,27)/t21-/m1/s1. The molecular weight excluding hydrogens is 442 g/mol. The number of pyridine rings is 1. The highest BCUT2D eigenvalue weighted by Gasteiger charge is 2.30. The third kappa shape index (κ3) is 4.19. The fourth-order valence-corrected chi connectivity index (χ4v) is 4.53. The van der Waals surface area contributed by atoms with Crippen molar-refractivity contribution < 1.29 is 24.1 Å². The summed E-state index contributed by atoms with van der Waals surface area (Å²) in [5.74, 6) is -0.315. The maximum Gasteiger partial charge on any atom is 0.341 e. The van der Waals surface area contributed by atoms with Gasteiger partial charge in [-0.1, -0.05) is 11.6 Å². The molecule has 0 bridgehead atoms. The van der Waals surface area contributed by atoms with Crippen LogP contribution in [0.4, 0.5) is 0 Å². The molecule has 0 unspecified atom stereocenters. The van der Waals surface area contributed by atoms with E-state index in [1.54, 1.807) is 23.8 Å². The number of ether oxygens (including phenoxy) is 3. The van der Waals surface area contributed by atoms with Crippen LogP contribution in [0.15, 0.2) is 41.3 Å². The number of carboxylic acid groups (broad SMARTS) is 1. The van der Waals surface area contributed by atoms with Gasteiger partial charge in [-0.2, -0.15) is 0 Å². The lowest BCUT2D eigenvalue weighted by molar-refractivity contribution is 0.0693. The number of aromatic carboxylic acids is 1. The normalized spacial score (nSPS) is 14.5. The fourth-order valence-electron chi connectivity index (χ4n) is 3.41. The maximum atomic E-state index is 12.4. The number of thiophene rings is 1. The topological polar surface area (TPSA) is 87.0 Å². The molecule has 2 aromatic heterocycles. The molecule has 31 heavy (non-hydrogen) atoms.